The van der Waals surface area contributed by atoms with E-state index in [1.807, 2.05) is 23.9 Å². The summed E-state index contributed by atoms with van der Waals surface area (Å²) in [7, 11) is 0. The predicted molar refractivity (Wildman–Crippen MR) is 84.3 cm³/mol. The van der Waals surface area contributed by atoms with Crippen LogP contribution in [0.3, 0.4) is 0 Å². The molecule has 1 aliphatic rings. The molecular weight excluding hydrogens is 272 g/mol. The Kier molecular flexibility index (Phi) is 5.43. The van der Waals surface area contributed by atoms with Gasteiger partial charge in [-0.25, -0.2) is 0 Å². The summed E-state index contributed by atoms with van der Waals surface area (Å²) in [6.45, 7) is 4.86. The highest BCUT2D eigenvalue weighted by atomic mass is 32.2. The molecule has 20 heavy (non-hydrogen) atoms. The number of nitrogens with zero attached hydrogens (tertiary/aromatic N) is 1. The number of nitro benzene ring substituents is 1. The van der Waals surface area contributed by atoms with Gasteiger partial charge < -0.3 is 5.32 Å². The van der Waals surface area contributed by atoms with Crippen LogP contribution in [0.25, 0.3) is 0 Å². The van der Waals surface area contributed by atoms with E-state index in [1.165, 1.54) is 24.3 Å². The van der Waals surface area contributed by atoms with Gasteiger partial charge in [-0.3, -0.25) is 10.1 Å². The molecule has 0 bridgehead atoms. The molecule has 1 atom stereocenters. The number of hydrogen-bond acceptors (Lipinski definition) is 4. The fourth-order valence-electron chi connectivity index (χ4n) is 2.50. The second kappa shape index (κ2) is 7.09. The lowest BCUT2D eigenvalue weighted by molar-refractivity contribution is -0.385. The average Bonchev–Trinajstić information content (AvgIpc) is 2.46. The second-order valence-corrected chi connectivity index (χ2v) is 6.71. The van der Waals surface area contributed by atoms with Crippen molar-refractivity contribution in [3.05, 3.63) is 39.4 Å². The number of aryl methyl sites for hydroxylation is 1. The monoisotopic (exact) mass is 294 g/mol. The van der Waals surface area contributed by atoms with Crippen molar-refractivity contribution in [1.29, 1.82) is 0 Å². The normalized spacial score (nSPS) is 17.9. The maximum absolute atomic E-state index is 11.0. The van der Waals surface area contributed by atoms with Gasteiger partial charge in [-0.2, -0.15) is 11.8 Å². The van der Waals surface area contributed by atoms with Gasteiger partial charge in [0.1, 0.15) is 0 Å². The molecule has 1 aromatic carbocycles. The van der Waals surface area contributed by atoms with Gasteiger partial charge in [0.2, 0.25) is 0 Å². The van der Waals surface area contributed by atoms with Crippen molar-refractivity contribution in [3.63, 3.8) is 0 Å². The third-order valence-electron chi connectivity index (χ3n) is 3.98. The van der Waals surface area contributed by atoms with Crippen LogP contribution in [0.4, 0.5) is 5.69 Å². The molecule has 0 aromatic heterocycles. The predicted octanol–water partition coefficient (Wildman–Crippen LogP) is 3.70. The molecule has 0 spiro atoms. The molecule has 110 valence electrons. The van der Waals surface area contributed by atoms with Crippen LogP contribution in [0, 0.1) is 23.0 Å². The Morgan fingerprint density at radius 2 is 2.15 bits per heavy atom. The van der Waals surface area contributed by atoms with Crippen molar-refractivity contribution in [1.82, 2.24) is 5.32 Å². The minimum atomic E-state index is -0.302. The maximum atomic E-state index is 11.0. The molecular formula is C15H22N2O2S. The van der Waals surface area contributed by atoms with E-state index in [9.17, 15) is 10.1 Å². The van der Waals surface area contributed by atoms with Crippen LogP contribution in [0.2, 0.25) is 0 Å². The molecule has 1 aromatic rings. The smallest absolute Gasteiger partial charge is 0.272 e. The van der Waals surface area contributed by atoms with Crippen molar-refractivity contribution in [2.45, 2.75) is 32.7 Å². The third kappa shape index (κ3) is 3.96. The van der Waals surface area contributed by atoms with Crippen molar-refractivity contribution in [3.8, 4) is 0 Å². The van der Waals surface area contributed by atoms with Crippen LogP contribution in [0.1, 0.15) is 36.9 Å². The highest BCUT2D eigenvalue weighted by Gasteiger charge is 2.17. The number of nitrogens with one attached hydrogen (secondary N) is 1. The van der Waals surface area contributed by atoms with Crippen LogP contribution < -0.4 is 5.32 Å². The summed E-state index contributed by atoms with van der Waals surface area (Å²) >= 11 is 2.03. The van der Waals surface area contributed by atoms with Gasteiger partial charge in [0.15, 0.2) is 0 Å². The molecule has 1 fully saturated rings. The minimum Gasteiger partial charge on any atom is -0.310 e. The van der Waals surface area contributed by atoms with Gasteiger partial charge in [0, 0.05) is 17.7 Å². The highest BCUT2D eigenvalue weighted by molar-refractivity contribution is 7.99. The van der Waals surface area contributed by atoms with Gasteiger partial charge in [0.05, 0.1) is 4.92 Å². The van der Waals surface area contributed by atoms with E-state index in [-0.39, 0.29) is 16.7 Å². The zero-order chi connectivity index (χ0) is 14.5. The van der Waals surface area contributed by atoms with E-state index in [0.29, 0.717) is 0 Å². The summed E-state index contributed by atoms with van der Waals surface area (Å²) < 4.78 is 0. The Morgan fingerprint density at radius 3 is 2.80 bits per heavy atom. The van der Waals surface area contributed by atoms with Gasteiger partial charge >= 0.3 is 0 Å². The molecule has 0 amide bonds. The molecule has 5 heteroatoms. The van der Waals surface area contributed by atoms with Crippen molar-refractivity contribution < 1.29 is 4.92 Å². The molecule has 1 aliphatic heterocycles. The molecule has 1 N–H and O–H groups in total. The first-order chi connectivity index (χ1) is 9.58. The Labute approximate surface area is 124 Å². The summed E-state index contributed by atoms with van der Waals surface area (Å²) in [6, 6.07) is 5.67. The van der Waals surface area contributed by atoms with Gasteiger partial charge in [-0.1, -0.05) is 12.1 Å². The molecule has 2 rings (SSSR count). The first-order valence-electron chi connectivity index (χ1n) is 7.14. The quantitative estimate of drug-likeness (QED) is 0.664. The fourth-order valence-corrected chi connectivity index (χ4v) is 3.71. The average molecular weight is 294 g/mol. The summed E-state index contributed by atoms with van der Waals surface area (Å²) in [4.78, 5) is 10.7. The lowest BCUT2D eigenvalue weighted by atomic mass is 10.0. The summed E-state index contributed by atoms with van der Waals surface area (Å²) in [5.74, 6) is 3.27. The molecule has 0 aliphatic carbocycles. The Morgan fingerprint density at radius 1 is 1.45 bits per heavy atom. The van der Waals surface area contributed by atoms with E-state index in [1.54, 1.807) is 13.0 Å². The van der Waals surface area contributed by atoms with E-state index < -0.39 is 0 Å². The lowest BCUT2D eigenvalue weighted by Crippen LogP contribution is -2.28. The van der Waals surface area contributed by atoms with Crippen molar-refractivity contribution in [2.24, 2.45) is 5.92 Å². The van der Waals surface area contributed by atoms with E-state index in [0.717, 1.165) is 23.6 Å². The minimum absolute atomic E-state index is 0.156. The van der Waals surface area contributed by atoms with Crippen molar-refractivity contribution >= 4 is 17.4 Å². The molecule has 1 unspecified atom stereocenters. The number of nitro groups is 1. The topological polar surface area (TPSA) is 55.2 Å². The van der Waals surface area contributed by atoms with Gasteiger partial charge in [0.25, 0.3) is 5.69 Å². The van der Waals surface area contributed by atoms with Crippen LogP contribution in [-0.4, -0.2) is 23.0 Å². The fraction of sp³-hybridized carbons (Fsp3) is 0.600. The van der Waals surface area contributed by atoms with Gasteiger partial charge in [-0.05, 0) is 56.2 Å². The summed E-state index contributed by atoms with van der Waals surface area (Å²) in [5, 5.41) is 14.5. The Hall–Kier alpha value is -1.07. The first kappa shape index (κ1) is 15.3. The first-order valence-corrected chi connectivity index (χ1v) is 8.29. The number of benzene rings is 1. The van der Waals surface area contributed by atoms with Crippen molar-refractivity contribution in [2.75, 3.05) is 18.1 Å². The molecule has 4 nitrogen and oxygen atoms in total. The molecule has 1 heterocycles. The number of rotatable bonds is 5. The maximum Gasteiger partial charge on any atom is 0.272 e. The van der Waals surface area contributed by atoms with E-state index >= 15 is 0 Å². The zero-order valence-corrected chi connectivity index (χ0v) is 12.9. The third-order valence-corrected chi connectivity index (χ3v) is 5.03. The lowest BCUT2D eigenvalue weighted by Gasteiger charge is -2.24. The molecule has 0 radical (unpaired) electrons. The van der Waals surface area contributed by atoms with E-state index in [4.69, 9.17) is 0 Å². The Balaban J connectivity index is 1.96. The molecule has 1 saturated heterocycles. The number of thioether (sulfide) groups is 1. The standard InChI is InChI=1S/C15H22N2O2S/c1-11-3-4-14(9-15(11)17(18)19)12(2)16-10-13-5-7-20-8-6-13/h3-4,9,12-13,16H,5-8,10H2,1-2H3. The number of hydrogen-bond donors (Lipinski definition) is 1. The largest absolute Gasteiger partial charge is 0.310 e. The van der Waals surface area contributed by atoms with E-state index in [2.05, 4.69) is 12.2 Å². The van der Waals surface area contributed by atoms with Crippen LogP contribution >= 0.6 is 11.8 Å². The Bertz CT molecular complexity index is 473. The van der Waals surface area contributed by atoms with Crippen LogP contribution in [0.5, 0.6) is 0 Å². The zero-order valence-electron chi connectivity index (χ0n) is 12.1. The van der Waals surface area contributed by atoms with Crippen LogP contribution in [-0.2, 0) is 0 Å². The highest BCUT2D eigenvalue weighted by Crippen LogP contribution is 2.25. The summed E-state index contributed by atoms with van der Waals surface area (Å²) in [5.41, 5.74) is 1.92. The van der Waals surface area contributed by atoms with Gasteiger partial charge in [-0.15, -0.1) is 0 Å². The van der Waals surface area contributed by atoms with Crippen LogP contribution in [0.15, 0.2) is 18.2 Å². The summed E-state index contributed by atoms with van der Waals surface area (Å²) in [6.07, 6.45) is 2.55. The molecule has 0 saturated carbocycles. The SMILES string of the molecule is Cc1ccc(C(C)NCC2CCSCC2)cc1[N+](=O)[O-]. The second-order valence-electron chi connectivity index (χ2n) is 5.49.